The van der Waals surface area contributed by atoms with Crippen LogP contribution in [0.4, 0.5) is 5.13 Å². The van der Waals surface area contributed by atoms with Crippen molar-refractivity contribution in [2.45, 2.75) is 19.7 Å². The summed E-state index contributed by atoms with van der Waals surface area (Å²) in [5.74, 6) is 1.08. The van der Waals surface area contributed by atoms with E-state index in [-0.39, 0.29) is 6.61 Å². The van der Waals surface area contributed by atoms with Gasteiger partial charge in [0, 0.05) is 31.7 Å². The molecule has 5 nitrogen and oxygen atoms in total. The van der Waals surface area contributed by atoms with E-state index in [1.165, 1.54) is 0 Å². The van der Waals surface area contributed by atoms with Crippen molar-refractivity contribution >= 4 is 16.5 Å². The highest BCUT2D eigenvalue weighted by atomic mass is 32.1. The third-order valence-corrected chi connectivity index (χ3v) is 3.76. The molecule has 0 spiro atoms. The number of nitrogens with zero attached hydrogens (tertiary/aromatic N) is 4. The molecule has 0 bridgehead atoms. The molecule has 0 saturated carbocycles. The van der Waals surface area contributed by atoms with Crippen LogP contribution in [0.15, 0.2) is 18.6 Å². The fourth-order valence-electron chi connectivity index (χ4n) is 1.85. The average Bonchev–Trinajstić information content (AvgIpc) is 2.96. The highest BCUT2D eigenvalue weighted by Gasteiger charge is 2.18. The Hall–Kier alpha value is -1.40. The minimum absolute atomic E-state index is 0.0696. The Kier molecular flexibility index (Phi) is 2.37. The Labute approximate surface area is 97.0 Å². The van der Waals surface area contributed by atoms with Gasteiger partial charge in [-0.05, 0) is 0 Å². The van der Waals surface area contributed by atoms with Crippen LogP contribution in [-0.4, -0.2) is 26.2 Å². The molecule has 0 saturated heterocycles. The van der Waals surface area contributed by atoms with Crippen LogP contribution in [-0.2, 0) is 19.7 Å². The lowest BCUT2D eigenvalue weighted by Gasteiger charge is -2.27. The maximum absolute atomic E-state index is 9.01. The summed E-state index contributed by atoms with van der Waals surface area (Å²) in [5.41, 5.74) is 0. The summed E-state index contributed by atoms with van der Waals surface area (Å²) in [4.78, 5) is 11.7. The van der Waals surface area contributed by atoms with Crippen molar-refractivity contribution in [3.63, 3.8) is 0 Å². The minimum atomic E-state index is 0.0696. The van der Waals surface area contributed by atoms with Crippen LogP contribution in [0.25, 0.3) is 0 Å². The number of aliphatic hydroxyl groups excluding tert-OH is 1. The van der Waals surface area contributed by atoms with E-state index in [0.29, 0.717) is 0 Å². The summed E-state index contributed by atoms with van der Waals surface area (Å²) in [6, 6.07) is 0. The van der Waals surface area contributed by atoms with E-state index >= 15 is 0 Å². The Morgan fingerprint density at radius 1 is 1.38 bits per heavy atom. The predicted octanol–water partition coefficient (Wildman–Crippen LogP) is 0.852. The molecule has 1 aliphatic rings. The van der Waals surface area contributed by atoms with Crippen LogP contribution in [0.1, 0.15) is 10.7 Å². The molecule has 1 aliphatic heterocycles. The summed E-state index contributed by atoms with van der Waals surface area (Å²) in [6.45, 7) is 2.76. The van der Waals surface area contributed by atoms with Gasteiger partial charge < -0.3 is 14.6 Å². The van der Waals surface area contributed by atoms with Crippen molar-refractivity contribution in [3.05, 3.63) is 29.3 Å². The number of thiazole rings is 1. The molecule has 0 fully saturated rings. The first-order valence-electron chi connectivity index (χ1n) is 5.17. The first-order valence-corrected chi connectivity index (χ1v) is 5.99. The molecule has 0 aromatic carbocycles. The lowest BCUT2D eigenvalue weighted by molar-refractivity contribution is 0.285. The van der Waals surface area contributed by atoms with E-state index < -0.39 is 0 Å². The predicted molar refractivity (Wildman–Crippen MR) is 61.3 cm³/mol. The van der Waals surface area contributed by atoms with Crippen LogP contribution in [0.5, 0.6) is 0 Å². The van der Waals surface area contributed by atoms with Crippen molar-refractivity contribution in [1.82, 2.24) is 14.5 Å². The summed E-state index contributed by atoms with van der Waals surface area (Å²) >= 11 is 1.54. The lowest BCUT2D eigenvalue weighted by atomic mass is 10.4. The largest absolute Gasteiger partial charge is 0.391 e. The van der Waals surface area contributed by atoms with Gasteiger partial charge in [0.25, 0.3) is 0 Å². The first kappa shape index (κ1) is 9.80. The second-order valence-corrected chi connectivity index (χ2v) is 4.82. The van der Waals surface area contributed by atoms with Gasteiger partial charge in [-0.25, -0.2) is 9.97 Å². The zero-order chi connectivity index (χ0) is 11.0. The van der Waals surface area contributed by atoms with Crippen LogP contribution in [0.3, 0.4) is 0 Å². The average molecular weight is 236 g/mol. The second kappa shape index (κ2) is 3.88. The van der Waals surface area contributed by atoms with Crippen molar-refractivity contribution in [1.29, 1.82) is 0 Å². The molecule has 2 aromatic heterocycles. The van der Waals surface area contributed by atoms with Gasteiger partial charge >= 0.3 is 0 Å². The summed E-state index contributed by atoms with van der Waals surface area (Å²) < 4.78 is 2.16. The molecule has 2 aromatic rings. The molecule has 6 heteroatoms. The van der Waals surface area contributed by atoms with Gasteiger partial charge in [-0.1, -0.05) is 11.3 Å². The first-order chi connectivity index (χ1) is 7.86. The standard InChI is InChI=1S/C10H12N4OS/c15-7-8-5-12-10(16-8)14-4-3-13-2-1-11-9(13)6-14/h1-2,5,15H,3-4,6-7H2. The van der Waals surface area contributed by atoms with Gasteiger partial charge in [-0.15, -0.1) is 0 Å². The Balaban J connectivity index is 1.83. The van der Waals surface area contributed by atoms with Crippen molar-refractivity contribution < 1.29 is 5.11 Å². The Morgan fingerprint density at radius 3 is 3.12 bits per heavy atom. The number of hydrogen-bond donors (Lipinski definition) is 1. The summed E-state index contributed by atoms with van der Waals surface area (Å²) in [5, 5.41) is 9.98. The number of fused-ring (bicyclic) bond motifs is 1. The second-order valence-electron chi connectivity index (χ2n) is 3.73. The maximum Gasteiger partial charge on any atom is 0.186 e. The molecule has 16 heavy (non-hydrogen) atoms. The van der Waals surface area contributed by atoms with Crippen LogP contribution in [0.2, 0.25) is 0 Å². The zero-order valence-corrected chi connectivity index (χ0v) is 9.52. The quantitative estimate of drug-likeness (QED) is 0.840. The number of aromatic nitrogens is 3. The van der Waals surface area contributed by atoms with Crippen LogP contribution < -0.4 is 4.90 Å². The smallest absolute Gasteiger partial charge is 0.186 e. The topological polar surface area (TPSA) is 54.2 Å². The van der Waals surface area contributed by atoms with E-state index in [4.69, 9.17) is 5.11 Å². The molecule has 3 heterocycles. The van der Waals surface area contributed by atoms with Gasteiger partial charge in [0.2, 0.25) is 0 Å². The number of aliphatic hydroxyl groups is 1. The van der Waals surface area contributed by atoms with Gasteiger partial charge in [-0.2, -0.15) is 0 Å². The SMILES string of the molecule is OCc1cnc(N2CCn3ccnc3C2)s1. The molecule has 3 rings (SSSR count). The molecule has 0 radical (unpaired) electrons. The van der Waals surface area contributed by atoms with E-state index in [2.05, 4.69) is 19.4 Å². The summed E-state index contributed by atoms with van der Waals surface area (Å²) in [7, 11) is 0. The molecule has 0 aliphatic carbocycles. The summed E-state index contributed by atoms with van der Waals surface area (Å²) in [6.07, 6.45) is 5.58. The third-order valence-electron chi connectivity index (χ3n) is 2.71. The number of hydrogen-bond acceptors (Lipinski definition) is 5. The minimum Gasteiger partial charge on any atom is -0.391 e. The van der Waals surface area contributed by atoms with Crippen LogP contribution in [0, 0.1) is 0 Å². The van der Waals surface area contributed by atoms with Crippen molar-refractivity contribution in [3.8, 4) is 0 Å². The molecule has 0 atom stereocenters. The van der Waals surface area contributed by atoms with E-state index in [1.54, 1.807) is 17.5 Å². The highest BCUT2D eigenvalue weighted by Crippen LogP contribution is 2.25. The maximum atomic E-state index is 9.01. The molecule has 0 amide bonds. The van der Waals surface area contributed by atoms with Gasteiger partial charge in [0.1, 0.15) is 5.82 Å². The van der Waals surface area contributed by atoms with E-state index in [1.807, 2.05) is 12.4 Å². The molecular formula is C10H12N4OS. The van der Waals surface area contributed by atoms with Gasteiger partial charge in [-0.3, -0.25) is 0 Å². The number of anilines is 1. The van der Waals surface area contributed by atoms with Gasteiger partial charge in [0.05, 0.1) is 18.0 Å². The Morgan fingerprint density at radius 2 is 2.31 bits per heavy atom. The molecule has 84 valence electrons. The third kappa shape index (κ3) is 1.60. The molecule has 0 unspecified atom stereocenters. The molecular weight excluding hydrogens is 224 g/mol. The van der Waals surface area contributed by atoms with E-state index in [9.17, 15) is 0 Å². The number of imidazole rings is 1. The van der Waals surface area contributed by atoms with Crippen molar-refractivity contribution in [2.24, 2.45) is 0 Å². The highest BCUT2D eigenvalue weighted by molar-refractivity contribution is 7.15. The fourth-order valence-corrected chi connectivity index (χ4v) is 2.65. The lowest BCUT2D eigenvalue weighted by Crippen LogP contribution is -2.33. The zero-order valence-electron chi connectivity index (χ0n) is 8.70. The number of rotatable bonds is 2. The van der Waals surface area contributed by atoms with E-state index in [0.717, 1.165) is 35.5 Å². The Bertz CT molecular complexity index is 492. The monoisotopic (exact) mass is 236 g/mol. The normalized spacial score (nSPS) is 15.2. The fraction of sp³-hybridized carbons (Fsp3) is 0.400. The molecule has 1 N–H and O–H groups in total. The van der Waals surface area contributed by atoms with Crippen LogP contribution >= 0.6 is 11.3 Å². The van der Waals surface area contributed by atoms with Crippen molar-refractivity contribution in [2.75, 3.05) is 11.4 Å². The van der Waals surface area contributed by atoms with Gasteiger partial charge in [0.15, 0.2) is 5.13 Å².